The summed E-state index contributed by atoms with van der Waals surface area (Å²) in [6.07, 6.45) is 0.900. The van der Waals surface area contributed by atoms with E-state index in [9.17, 15) is 0 Å². The second kappa shape index (κ2) is 4.77. The Hall–Kier alpha value is -0.160. The summed E-state index contributed by atoms with van der Waals surface area (Å²) in [5.41, 5.74) is 0. The van der Waals surface area contributed by atoms with E-state index in [4.69, 9.17) is 5.26 Å². The maximum atomic E-state index is 8.22. The predicted molar refractivity (Wildman–Crippen MR) is 47.1 cm³/mol. The fourth-order valence-electron chi connectivity index (χ4n) is 1.60. The molecule has 4 heteroatoms. The Morgan fingerprint density at radius 2 is 2.17 bits per heavy atom. The Balaban J connectivity index is 2.28. The molecule has 1 aliphatic heterocycles. The molecule has 1 unspecified atom stereocenters. The summed E-state index contributed by atoms with van der Waals surface area (Å²) in [6, 6.07) is 0.524. The first-order valence-electron chi connectivity index (χ1n) is 4.39. The summed E-state index contributed by atoms with van der Waals surface area (Å²) in [7, 11) is 4.24. The maximum absolute atomic E-state index is 8.22. The summed E-state index contributed by atoms with van der Waals surface area (Å²) < 4.78 is 0. The van der Waals surface area contributed by atoms with Gasteiger partial charge in [0.1, 0.15) is 0 Å². The average molecular weight is 174 g/mol. The first-order valence-corrected chi connectivity index (χ1v) is 4.39. The van der Waals surface area contributed by atoms with Gasteiger partial charge in [0.05, 0.1) is 6.61 Å². The highest BCUT2D eigenvalue weighted by Crippen LogP contribution is 2.08. The number of nitrogens with zero attached hydrogens (tertiary/aromatic N) is 2. The number of piperazine rings is 1. The van der Waals surface area contributed by atoms with Crippen molar-refractivity contribution in [3.8, 4) is 0 Å². The zero-order valence-corrected chi connectivity index (χ0v) is 7.86. The van der Waals surface area contributed by atoms with Crippen LogP contribution in [0.1, 0.15) is 6.42 Å². The third-order valence-electron chi connectivity index (χ3n) is 2.52. The van der Waals surface area contributed by atoms with Gasteiger partial charge in [0, 0.05) is 25.7 Å². The molecule has 12 heavy (non-hydrogen) atoms. The molecule has 1 fully saturated rings. The van der Waals surface area contributed by atoms with Gasteiger partial charge >= 0.3 is 0 Å². The summed E-state index contributed by atoms with van der Waals surface area (Å²) in [4.78, 5) is 8.71. The quantitative estimate of drug-likeness (QED) is 0.486. The van der Waals surface area contributed by atoms with Crippen LogP contribution in [0.3, 0.4) is 0 Å². The molecule has 1 heterocycles. The molecule has 1 aliphatic rings. The number of hydrogen-bond donors (Lipinski definition) is 1. The lowest BCUT2D eigenvalue weighted by atomic mass is 10.1. The van der Waals surface area contributed by atoms with E-state index in [1.807, 2.05) is 0 Å². The largest absolute Gasteiger partial charge is 0.304 e. The van der Waals surface area contributed by atoms with Gasteiger partial charge in [0.15, 0.2) is 0 Å². The van der Waals surface area contributed by atoms with E-state index in [-0.39, 0.29) is 0 Å². The first-order chi connectivity index (χ1) is 5.74. The lowest BCUT2D eigenvalue weighted by Crippen LogP contribution is -2.50. The average Bonchev–Trinajstić information content (AvgIpc) is 2.07. The Labute approximate surface area is 73.6 Å². The second-order valence-electron chi connectivity index (χ2n) is 3.52. The molecule has 0 aromatic heterocycles. The van der Waals surface area contributed by atoms with Crippen molar-refractivity contribution >= 4 is 0 Å². The van der Waals surface area contributed by atoms with Crippen LogP contribution in [0.25, 0.3) is 0 Å². The van der Waals surface area contributed by atoms with Crippen molar-refractivity contribution in [2.24, 2.45) is 0 Å². The van der Waals surface area contributed by atoms with Crippen molar-refractivity contribution in [3.63, 3.8) is 0 Å². The molecule has 0 radical (unpaired) electrons. The van der Waals surface area contributed by atoms with Crippen LogP contribution >= 0.6 is 0 Å². The molecule has 0 amide bonds. The van der Waals surface area contributed by atoms with Gasteiger partial charge in [0.25, 0.3) is 0 Å². The summed E-state index contributed by atoms with van der Waals surface area (Å²) in [5.74, 6) is 0. The van der Waals surface area contributed by atoms with Crippen LogP contribution in [0.5, 0.6) is 0 Å². The van der Waals surface area contributed by atoms with Crippen molar-refractivity contribution in [1.29, 1.82) is 0 Å². The highest BCUT2D eigenvalue weighted by atomic mass is 17.1. The van der Waals surface area contributed by atoms with Crippen LogP contribution in [0.15, 0.2) is 0 Å². The van der Waals surface area contributed by atoms with Crippen LogP contribution in [0.4, 0.5) is 0 Å². The molecule has 72 valence electrons. The zero-order chi connectivity index (χ0) is 8.97. The van der Waals surface area contributed by atoms with Gasteiger partial charge in [-0.25, -0.2) is 4.89 Å². The lowest BCUT2D eigenvalue weighted by molar-refractivity contribution is -0.244. The van der Waals surface area contributed by atoms with Gasteiger partial charge in [-0.1, -0.05) is 0 Å². The predicted octanol–water partition coefficient (Wildman–Crippen LogP) is 0.112. The van der Waals surface area contributed by atoms with E-state index in [0.717, 1.165) is 26.1 Å². The Morgan fingerprint density at radius 3 is 2.83 bits per heavy atom. The SMILES string of the molecule is CN1CCN(C)C(CCOO)C1. The van der Waals surface area contributed by atoms with Crippen molar-refractivity contribution in [2.45, 2.75) is 12.5 Å². The molecular formula is C8H18N2O2. The van der Waals surface area contributed by atoms with E-state index in [1.165, 1.54) is 0 Å². The minimum absolute atomic E-state index is 0.433. The third kappa shape index (κ3) is 2.71. The lowest BCUT2D eigenvalue weighted by Gasteiger charge is -2.37. The summed E-state index contributed by atoms with van der Waals surface area (Å²) >= 11 is 0. The van der Waals surface area contributed by atoms with Gasteiger partial charge in [-0.3, -0.25) is 5.26 Å². The molecule has 0 bridgehead atoms. The van der Waals surface area contributed by atoms with E-state index in [2.05, 4.69) is 28.8 Å². The minimum Gasteiger partial charge on any atom is -0.304 e. The van der Waals surface area contributed by atoms with E-state index >= 15 is 0 Å². The number of hydrogen-bond acceptors (Lipinski definition) is 4. The fourth-order valence-corrected chi connectivity index (χ4v) is 1.60. The van der Waals surface area contributed by atoms with Crippen LogP contribution in [0.2, 0.25) is 0 Å². The topological polar surface area (TPSA) is 35.9 Å². The Morgan fingerprint density at radius 1 is 1.42 bits per heavy atom. The third-order valence-corrected chi connectivity index (χ3v) is 2.52. The molecule has 0 spiro atoms. The van der Waals surface area contributed by atoms with Gasteiger partial charge in [0.2, 0.25) is 0 Å². The highest BCUT2D eigenvalue weighted by Gasteiger charge is 2.21. The monoisotopic (exact) mass is 174 g/mol. The Bertz CT molecular complexity index is 132. The van der Waals surface area contributed by atoms with E-state index < -0.39 is 0 Å². The molecule has 0 aromatic carbocycles. The van der Waals surface area contributed by atoms with E-state index in [0.29, 0.717) is 12.6 Å². The maximum Gasteiger partial charge on any atom is 0.0835 e. The summed E-state index contributed by atoms with van der Waals surface area (Å²) in [5, 5.41) is 8.22. The smallest absolute Gasteiger partial charge is 0.0835 e. The molecule has 1 N–H and O–H groups in total. The minimum atomic E-state index is 0.433. The van der Waals surface area contributed by atoms with Crippen molar-refractivity contribution in [3.05, 3.63) is 0 Å². The van der Waals surface area contributed by atoms with Crippen molar-refractivity contribution in [2.75, 3.05) is 40.3 Å². The van der Waals surface area contributed by atoms with Crippen LogP contribution in [-0.2, 0) is 4.89 Å². The normalized spacial score (nSPS) is 27.8. The van der Waals surface area contributed by atoms with Crippen molar-refractivity contribution < 1.29 is 10.1 Å². The standard InChI is InChI=1S/C8H18N2O2/c1-9-4-5-10(2)8(7-9)3-6-12-11/h8,11H,3-7H2,1-2H3. The van der Waals surface area contributed by atoms with Crippen molar-refractivity contribution in [1.82, 2.24) is 9.80 Å². The van der Waals surface area contributed by atoms with Crippen LogP contribution in [-0.4, -0.2) is 61.4 Å². The molecule has 1 saturated heterocycles. The van der Waals surface area contributed by atoms with Gasteiger partial charge in [-0.15, -0.1) is 0 Å². The Kier molecular flexibility index (Phi) is 3.94. The van der Waals surface area contributed by atoms with Gasteiger partial charge in [-0.05, 0) is 20.5 Å². The molecule has 0 aromatic rings. The molecule has 4 nitrogen and oxygen atoms in total. The number of likely N-dealkylation sites (N-methyl/N-ethyl adjacent to an activating group) is 2. The second-order valence-corrected chi connectivity index (χ2v) is 3.52. The fraction of sp³-hybridized carbons (Fsp3) is 1.00. The van der Waals surface area contributed by atoms with Gasteiger partial charge < -0.3 is 9.80 Å². The summed E-state index contributed by atoms with van der Waals surface area (Å²) in [6.45, 7) is 3.74. The van der Waals surface area contributed by atoms with E-state index in [1.54, 1.807) is 0 Å². The zero-order valence-electron chi connectivity index (χ0n) is 7.86. The molecule has 1 rings (SSSR count). The molecule has 0 aliphatic carbocycles. The van der Waals surface area contributed by atoms with Gasteiger partial charge in [-0.2, -0.15) is 0 Å². The van der Waals surface area contributed by atoms with Crippen LogP contribution in [0, 0.1) is 0 Å². The highest BCUT2D eigenvalue weighted by molar-refractivity contribution is 4.77. The molecular weight excluding hydrogens is 156 g/mol. The first kappa shape index (κ1) is 9.92. The number of rotatable bonds is 3. The molecule has 1 atom stereocenters. The molecule has 0 saturated carbocycles. The van der Waals surface area contributed by atoms with Crippen LogP contribution < -0.4 is 0 Å².